The number of imidazole rings is 1. The maximum Gasteiger partial charge on any atom is 0.242 e. The molecule has 2 aliphatic heterocycles. The van der Waals surface area contributed by atoms with E-state index in [1.54, 1.807) is 6.20 Å². The smallest absolute Gasteiger partial charge is 0.242 e. The van der Waals surface area contributed by atoms with Gasteiger partial charge in [-0.1, -0.05) is 13.8 Å². The van der Waals surface area contributed by atoms with Gasteiger partial charge in [-0.2, -0.15) is 0 Å². The molecule has 6 nitrogen and oxygen atoms in total. The second-order valence-corrected chi connectivity index (χ2v) is 6.70. The third-order valence-electron chi connectivity index (χ3n) is 4.59. The van der Waals surface area contributed by atoms with Crippen LogP contribution in [0.1, 0.15) is 32.5 Å². The van der Waals surface area contributed by atoms with E-state index in [-0.39, 0.29) is 23.8 Å². The third kappa shape index (κ3) is 2.87. The SMILES string of the molecule is CC(C)C[C@@H]1C(=O)NCCN1C(=O)[C@H]1CCc2nccn2C1. The van der Waals surface area contributed by atoms with Gasteiger partial charge in [0, 0.05) is 38.4 Å². The lowest BCUT2D eigenvalue weighted by atomic mass is 9.94. The Morgan fingerprint density at radius 3 is 3.09 bits per heavy atom. The molecule has 3 rings (SSSR count). The van der Waals surface area contributed by atoms with Crippen LogP contribution in [0.4, 0.5) is 0 Å². The van der Waals surface area contributed by atoms with Crippen LogP contribution >= 0.6 is 0 Å². The van der Waals surface area contributed by atoms with Crippen molar-refractivity contribution in [3.8, 4) is 0 Å². The monoisotopic (exact) mass is 304 g/mol. The zero-order valence-corrected chi connectivity index (χ0v) is 13.3. The number of hydrogen-bond acceptors (Lipinski definition) is 3. The predicted octanol–water partition coefficient (Wildman–Crippen LogP) is 0.819. The van der Waals surface area contributed by atoms with Gasteiger partial charge in [-0.05, 0) is 18.8 Å². The van der Waals surface area contributed by atoms with Crippen LogP contribution in [0.2, 0.25) is 0 Å². The van der Waals surface area contributed by atoms with E-state index in [4.69, 9.17) is 0 Å². The van der Waals surface area contributed by atoms with E-state index in [0.717, 1.165) is 25.1 Å². The van der Waals surface area contributed by atoms with Gasteiger partial charge < -0.3 is 14.8 Å². The molecule has 0 saturated carbocycles. The van der Waals surface area contributed by atoms with Crippen LogP contribution < -0.4 is 5.32 Å². The first kappa shape index (κ1) is 15.1. The number of amides is 2. The van der Waals surface area contributed by atoms with Crippen molar-refractivity contribution in [2.24, 2.45) is 11.8 Å². The Bertz CT molecular complexity index is 566. The van der Waals surface area contributed by atoms with Crippen molar-refractivity contribution in [3.63, 3.8) is 0 Å². The van der Waals surface area contributed by atoms with Gasteiger partial charge in [-0.3, -0.25) is 9.59 Å². The van der Waals surface area contributed by atoms with Gasteiger partial charge in [-0.15, -0.1) is 0 Å². The molecule has 0 radical (unpaired) electrons. The second kappa shape index (κ2) is 6.10. The zero-order chi connectivity index (χ0) is 15.7. The van der Waals surface area contributed by atoms with Gasteiger partial charge in [0.15, 0.2) is 0 Å². The van der Waals surface area contributed by atoms with Crippen molar-refractivity contribution < 1.29 is 9.59 Å². The molecular weight excluding hydrogens is 280 g/mol. The number of piperazine rings is 1. The summed E-state index contributed by atoms with van der Waals surface area (Å²) in [7, 11) is 0. The van der Waals surface area contributed by atoms with Crippen molar-refractivity contribution in [1.82, 2.24) is 19.8 Å². The lowest BCUT2D eigenvalue weighted by molar-refractivity contribution is -0.147. The molecule has 0 aliphatic carbocycles. The Morgan fingerprint density at radius 1 is 1.50 bits per heavy atom. The third-order valence-corrected chi connectivity index (χ3v) is 4.59. The minimum absolute atomic E-state index is 0.00701. The Morgan fingerprint density at radius 2 is 2.32 bits per heavy atom. The minimum atomic E-state index is -0.314. The van der Waals surface area contributed by atoms with Crippen LogP contribution in [-0.2, 0) is 22.6 Å². The molecule has 2 amide bonds. The number of nitrogens with zero attached hydrogens (tertiary/aromatic N) is 3. The van der Waals surface area contributed by atoms with Crippen LogP contribution in [0.3, 0.4) is 0 Å². The quantitative estimate of drug-likeness (QED) is 0.899. The molecule has 1 saturated heterocycles. The topological polar surface area (TPSA) is 67.2 Å². The number of rotatable bonds is 3. The first-order valence-corrected chi connectivity index (χ1v) is 8.14. The molecule has 0 spiro atoms. The highest BCUT2D eigenvalue weighted by Crippen LogP contribution is 2.24. The fourth-order valence-electron chi connectivity index (χ4n) is 3.46. The van der Waals surface area contributed by atoms with E-state index in [9.17, 15) is 9.59 Å². The summed E-state index contributed by atoms with van der Waals surface area (Å²) in [6, 6.07) is -0.314. The maximum atomic E-state index is 12.9. The second-order valence-electron chi connectivity index (χ2n) is 6.70. The molecule has 6 heteroatoms. The molecule has 22 heavy (non-hydrogen) atoms. The molecule has 0 bridgehead atoms. The molecule has 1 aromatic rings. The molecular formula is C16H24N4O2. The average Bonchev–Trinajstić information content (AvgIpc) is 2.95. The largest absolute Gasteiger partial charge is 0.353 e. The minimum Gasteiger partial charge on any atom is -0.353 e. The summed E-state index contributed by atoms with van der Waals surface area (Å²) in [5, 5.41) is 2.89. The van der Waals surface area contributed by atoms with Crippen LogP contribution in [0.15, 0.2) is 12.4 Å². The van der Waals surface area contributed by atoms with Gasteiger partial charge in [0.05, 0.1) is 5.92 Å². The summed E-state index contributed by atoms with van der Waals surface area (Å²) in [6.07, 6.45) is 6.10. The van der Waals surface area contributed by atoms with Gasteiger partial charge in [0.25, 0.3) is 0 Å². The Balaban J connectivity index is 1.74. The first-order valence-electron chi connectivity index (χ1n) is 8.14. The Labute approximate surface area is 130 Å². The fourth-order valence-corrected chi connectivity index (χ4v) is 3.46. The summed E-state index contributed by atoms with van der Waals surface area (Å²) < 4.78 is 2.06. The highest BCUT2D eigenvalue weighted by atomic mass is 16.2. The summed E-state index contributed by atoms with van der Waals surface area (Å²) >= 11 is 0. The summed E-state index contributed by atoms with van der Waals surface area (Å²) in [5.41, 5.74) is 0. The van der Waals surface area contributed by atoms with Gasteiger partial charge in [-0.25, -0.2) is 4.98 Å². The molecule has 1 N–H and O–H groups in total. The van der Waals surface area contributed by atoms with Crippen LogP contribution in [0.5, 0.6) is 0 Å². The van der Waals surface area contributed by atoms with Crippen LogP contribution in [0.25, 0.3) is 0 Å². The molecule has 3 heterocycles. The summed E-state index contributed by atoms with van der Waals surface area (Å²) in [4.78, 5) is 31.2. The van der Waals surface area contributed by atoms with E-state index in [0.29, 0.717) is 25.6 Å². The van der Waals surface area contributed by atoms with E-state index in [1.165, 1.54) is 0 Å². The van der Waals surface area contributed by atoms with Gasteiger partial charge >= 0.3 is 0 Å². The van der Waals surface area contributed by atoms with E-state index in [2.05, 4.69) is 28.7 Å². The van der Waals surface area contributed by atoms with Gasteiger partial charge in [0.2, 0.25) is 11.8 Å². The standard InChI is InChI=1S/C16H24N4O2/c1-11(2)9-13-15(21)18-6-8-20(13)16(22)12-3-4-14-17-5-7-19(14)10-12/h5,7,11-13H,3-4,6,8-10H2,1-2H3,(H,18,21)/t12-,13+/m0/s1. The molecule has 120 valence electrons. The number of hydrogen-bond donors (Lipinski definition) is 1. The maximum absolute atomic E-state index is 12.9. The van der Waals surface area contributed by atoms with Crippen molar-refractivity contribution in [2.45, 2.75) is 45.7 Å². The number of aromatic nitrogens is 2. The van der Waals surface area contributed by atoms with Crippen molar-refractivity contribution in [1.29, 1.82) is 0 Å². The molecule has 1 aromatic heterocycles. The predicted molar refractivity (Wildman–Crippen MR) is 82.0 cm³/mol. The fraction of sp³-hybridized carbons (Fsp3) is 0.688. The number of fused-ring (bicyclic) bond motifs is 1. The van der Waals surface area contributed by atoms with E-state index >= 15 is 0 Å². The van der Waals surface area contributed by atoms with Crippen molar-refractivity contribution in [2.75, 3.05) is 13.1 Å². The number of carbonyl (C=O) groups excluding carboxylic acids is 2. The highest BCUT2D eigenvalue weighted by Gasteiger charge is 2.37. The number of carbonyl (C=O) groups is 2. The summed E-state index contributed by atoms with van der Waals surface area (Å²) in [6.45, 7) is 6.03. The van der Waals surface area contributed by atoms with Crippen LogP contribution in [0, 0.1) is 11.8 Å². The molecule has 0 unspecified atom stereocenters. The van der Waals surface area contributed by atoms with Gasteiger partial charge in [0.1, 0.15) is 11.9 Å². The number of aryl methyl sites for hydroxylation is 1. The lowest BCUT2D eigenvalue weighted by Crippen LogP contribution is -2.59. The lowest BCUT2D eigenvalue weighted by Gasteiger charge is -2.38. The van der Waals surface area contributed by atoms with Crippen molar-refractivity contribution in [3.05, 3.63) is 18.2 Å². The Hall–Kier alpha value is -1.85. The zero-order valence-electron chi connectivity index (χ0n) is 13.3. The normalized spacial score (nSPS) is 25.0. The average molecular weight is 304 g/mol. The first-order chi connectivity index (χ1) is 10.6. The Kier molecular flexibility index (Phi) is 4.18. The number of nitrogens with one attached hydrogen (secondary N) is 1. The molecule has 2 atom stereocenters. The van der Waals surface area contributed by atoms with E-state index < -0.39 is 0 Å². The molecule has 2 aliphatic rings. The van der Waals surface area contributed by atoms with Crippen molar-refractivity contribution >= 4 is 11.8 Å². The highest BCUT2D eigenvalue weighted by molar-refractivity contribution is 5.89. The molecule has 1 fully saturated rings. The van der Waals surface area contributed by atoms with E-state index in [1.807, 2.05) is 11.1 Å². The summed E-state index contributed by atoms with van der Waals surface area (Å²) in [5.74, 6) is 1.52. The molecule has 0 aromatic carbocycles. The van der Waals surface area contributed by atoms with Crippen LogP contribution in [-0.4, -0.2) is 45.4 Å².